The van der Waals surface area contributed by atoms with Gasteiger partial charge in [-0.1, -0.05) is 0 Å². The quantitative estimate of drug-likeness (QED) is 0.807. The lowest BCUT2D eigenvalue weighted by Crippen LogP contribution is -2.39. The normalized spacial score (nSPS) is 12.7. The van der Waals surface area contributed by atoms with Crippen molar-refractivity contribution in [2.75, 3.05) is 6.54 Å². The van der Waals surface area contributed by atoms with Crippen LogP contribution in [0.25, 0.3) is 0 Å². The largest absolute Gasteiger partial charge is 0.508 e. The Labute approximate surface area is 89.7 Å². The van der Waals surface area contributed by atoms with Crippen LogP contribution in [0.5, 0.6) is 5.75 Å². The first-order valence-electron chi connectivity index (χ1n) is 4.55. The van der Waals surface area contributed by atoms with E-state index < -0.39 is 14.6 Å². The highest BCUT2D eigenvalue weighted by atomic mass is 32.2. The summed E-state index contributed by atoms with van der Waals surface area (Å²) >= 11 is 0. The second kappa shape index (κ2) is 3.83. The van der Waals surface area contributed by atoms with E-state index in [0.717, 1.165) is 0 Å². The summed E-state index contributed by atoms with van der Waals surface area (Å²) < 4.78 is 23.1. The highest BCUT2D eigenvalue weighted by Gasteiger charge is 2.34. The zero-order chi connectivity index (χ0) is 11.7. The Hall–Kier alpha value is -1.07. The number of rotatable bonds is 3. The van der Waals surface area contributed by atoms with Gasteiger partial charge in [-0.15, -0.1) is 0 Å². The van der Waals surface area contributed by atoms with Gasteiger partial charge in [0.05, 0.1) is 9.64 Å². The lowest BCUT2D eigenvalue weighted by molar-refractivity contribution is 0.474. The molecule has 0 aliphatic carbocycles. The Morgan fingerprint density at radius 1 is 1.27 bits per heavy atom. The van der Waals surface area contributed by atoms with Gasteiger partial charge in [-0.25, -0.2) is 8.42 Å². The number of phenols is 1. The van der Waals surface area contributed by atoms with Crippen molar-refractivity contribution in [3.63, 3.8) is 0 Å². The van der Waals surface area contributed by atoms with Crippen molar-refractivity contribution >= 4 is 9.84 Å². The molecule has 1 aromatic rings. The highest BCUT2D eigenvalue weighted by molar-refractivity contribution is 7.92. The van der Waals surface area contributed by atoms with Crippen molar-refractivity contribution in [1.82, 2.24) is 0 Å². The molecule has 1 rings (SSSR count). The predicted octanol–water partition coefficient (Wildman–Crippen LogP) is 0.903. The van der Waals surface area contributed by atoms with Gasteiger partial charge in [0, 0.05) is 6.54 Å². The molecular weight excluding hydrogens is 214 g/mol. The van der Waals surface area contributed by atoms with E-state index in [9.17, 15) is 8.42 Å². The maximum absolute atomic E-state index is 12.0. The molecule has 0 saturated carbocycles. The summed E-state index contributed by atoms with van der Waals surface area (Å²) in [4.78, 5) is 0.177. The molecule has 0 unspecified atom stereocenters. The van der Waals surface area contributed by atoms with Gasteiger partial charge in [-0.2, -0.15) is 0 Å². The monoisotopic (exact) mass is 229 g/mol. The Bertz CT molecular complexity index is 434. The smallest absolute Gasteiger partial charge is 0.184 e. The SMILES string of the molecule is CC(C)(CN)S(=O)(=O)c1ccc(O)cc1. The Morgan fingerprint density at radius 2 is 1.73 bits per heavy atom. The zero-order valence-corrected chi connectivity index (χ0v) is 9.58. The molecule has 0 spiro atoms. The summed E-state index contributed by atoms with van der Waals surface area (Å²) in [5, 5.41) is 9.06. The first kappa shape index (κ1) is 12.0. The van der Waals surface area contributed by atoms with Crippen LogP contribution >= 0.6 is 0 Å². The molecule has 0 aliphatic rings. The van der Waals surface area contributed by atoms with E-state index in [0.29, 0.717) is 0 Å². The van der Waals surface area contributed by atoms with Crippen LogP contribution in [0.4, 0.5) is 0 Å². The van der Waals surface area contributed by atoms with E-state index in [2.05, 4.69) is 0 Å². The van der Waals surface area contributed by atoms with E-state index in [-0.39, 0.29) is 17.2 Å². The van der Waals surface area contributed by atoms with Crippen LogP contribution in [-0.4, -0.2) is 24.8 Å². The van der Waals surface area contributed by atoms with Crippen LogP contribution in [0.1, 0.15) is 13.8 Å². The molecule has 84 valence electrons. The molecule has 15 heavy (non-hydrogen) atoms. The van der Waals surface area contributed by atoms with Crippen molar-refractivity contribution in [3.8, 4) is 5.75 Å². The predicted molar refractivity (Wildman–Crippen MR) is 58.4 cm³/mol. The minimum Gasteiger partial charge on any atom is -0.508 e. The number of benzene rings is 1. The van der Waals surface area contributed by atoms with Gasteiger partial charge in [-0.05, 0) is 38.1 Å². The van der Waals surface area contributed by atoms with Gasteiger partial charge >= 0.3 is 0 Å². The molecule has 0 atom stereocenters. The summed E-state index contributed by atoms with van der Waals surface area (Å²) in [6, 6.07) is 5.45. The van der Waals surface area contributed by atoms with Crippen molar-refractivity contribution in [3.05, 3.63) is 24.3 Å². The Morgan fingerprint density at radius 3 is 2.13 bits per heavy atom. The first-order valence-corrected chi connectivity index (χ1v) is 6.03. The third-order valence-electron chi connectivity index (χ3n) is 2.37. The molecule has 5 heteroatoms. The van der Waals surface area contributed by atoms with Crippen molar-refractivity contribution in [1.29, 1.82) is 0 Å². The second-order valence-corrected chi connectivity index (χ2v) is 6.54. The summed E-state index contributed by atoms with van der Waals surface area (Å²) in [7, 11) is -3.44. The molecule has 1 aromatic carbocycles. The number of sulfone groups is 1. The molecule has 0 aromatic heterocycles. The maximum Gasteiger partial charge on any atom is 0.184 e. The molecule has 0 bridgehead atoms. The number of nitrogens with two attached hydrogens (primary N) is 1. The molecule has 0 aliphatic heterocycles. The molecule has 0 radical (unpaired) electrons. The molecule has 3 N–H and O–H groups in total. The van der Waals surface area contributed by atoms with Crippen LogP contribution in [0.15, 0.2) is 29.2 Å². The van der Waals surface area contributed by atoms with Crippen molar-refractivity contribution in [2.24, 2.45) is 5.73 Å². The van der Waals surface area contributed by atoms with Crippen LogP contribution < -0.4 is 5.73 Å². The molecule has 0 heterocycles. The minimum atomic E-state index is -3.44. The van der Waals surface area contributed by atoms with Crippen LogP contribution in [0.3, 0.4) is 0 Å². The van der Waals surface area contributed by atoms with Gasteiger partial charge in [-0.3, -0.25) is 0 Å². The van der Waals surface area contributed by atoms with Gasteiger partial charge < -0.3 is 10.8 Å². The fourth-order valence-electron chi connectivity index (χ4n) is 1.05. The Balaban J connectivity index is 3.24. The van der Waals surface area contributed by atoms with E-state index in [1.54, 1.807) is 13.8 Å². The maximum atomic E-state index is 12.0. The summed E-state index contributed by atoms with van der Waals surface area (Å²) in [6.45, 7) is 3.21. The van der Waals surface area contributed by atoms with Crippen molar-refractivity contribution in [2.45, 2.75) is 23.5 Å². The standard InChI is InChI=1S/C10H15NO3S/c1-10(2,7-11)15(13,14)9-5-3-8(12)4-6-9/h3-6,12H,7,11H2,1-2H3. The average molecular weight is 229 g/mol. The van der Waals surface area contributed by atoms with Crippen molar-refractivity contribution < 1.29 is 13.5 Å². The van der Waals surface area contributed by atoms with E-state index in [1.807, 2.05) is 0 Å². The third-order valence-corrected chi connectivity index (χ3v) is 4.88. The van der Waals surface area contributed by atoms with Gasteiger partial charge in [0.25, 0.3) is 0 Å². The summed E-state index contributed by atoms with van der Waals surface area (Å²) in [6.07, 6.45) is 0. The number of hydrogen-bond acceptors (Lipinski definition) is 4. The van der Waals surface area contributed by atoms with Crippen LogP contribution in [-0.2, 0) is 9.84 Å². The second-order valence-electron chi connectivity index (χ2n) is 3.96. The number of aromatic hydroxyl groups is 1. The fourth-order valence-corrected chi connectivity index (χ4v) is 2.41. The molecular formula is C10H15NO3S. The summed E-state index contributed by atoms with van der Waals surface area (Å²) in [5.41, 5.74) is 5.43. The van der Waals surface area contributed by atoms with Gasteiger partial charge in [0.2, 0.25) is 0 Å². The van der Waals surface area contributed by atoms with E-state index in [4.69, 9.17) is 10.8 Å². The lowest BCUT2D eigenvalue weighted by Gasteiger charge is -2.22. The third kappa shape index (κ3) is 2.13. The lowest BCUT2D eigenvalue weighted by atomic mass is 10.2. The zero-order valence-electron chi connectivity index (χ0n) is 8.77. The van der Waals surface area contributed by atoms with Crippen LogP contribution in [0, 0.1) is 0 Å². The first-order chi connectivity index (χ1) is 6.81. The van der Waals surface area contributed by atoms with Gasteiger partial charge in [0.15, 0.2) is 9.84 Å². The number of phenolic OH excluding ortho intramolecular Hbond substituents is 1. The molecule has 0 saturated heterocycles. The van der Waals surface area contributed by atoms with E-state index in [1.165, 1.54) is 24.3 Å². The molecule has 0 amide bonds. The highest BCUT2D eigenvalue weighted by Crippen LogP contribution is 2.25. The molecule has 4 nitrogen and oxygen atoms in total. The summed E-state index contributed by atoms with van der Waals surface area (Å²) in [5.74, 6) is 0.0412. The minimum absolute atomic E-state index is 0.0412. The fraction of sp³-hybridized carbons (Fsp3) is 0.400. The van der Waals surface area contributed by atoms with Crippen LogP contribution in [0.2, 0.25) is 0 Å². The molecule has 0 fully saturated rings. The topological polar surface area (TPSA) is 80.4 Å². The number of hydrogen-bond donors (Lipinski definition) is 2. The average Bonchev–Trinajstić information content (AvgIpc) is 2.18. The Kier molecular flexibility index (Phi) is 3.06. The van der Waals surface area contributed by atoms with E-state index >= 15 is 0 Å². The van der Waals surface area contributed by atoms with Gasteiger partial charge in [0.1, 0.15) is 5.75 Å².